The number of benzene rings is 1. The predicted octanol–water partition coefficient (Wildman–Crippen LogP) is 3.67. The van der Waals surface area contributed by atoms with Crippen molar-refractivity contribution in [1.82, 2.24) is 9.97 Å². The number of aromatic nitrogens is 2. The molecule has 0 radical (unpaired) electrons. The number of nitrogens with one attached hydrogen (secondary N) is 1. The van der Waals surface area contributed by atoms with Crippen LogP contribution >= 0.6 is 22.7 Å². The minimum atomic E-state index is -0.345. The number of thiazole rings is 2. The van der Waals surface area contributed by atoms with E-state index in [-0.39, 0.29) is 5.97 Å². The average molecular weight is 305 g/mol. The fraction of sp³-hybridized carbons (Fsp3) is 0.154. The predicted molar refractivity (Wildman–Crippen MR) is 81.0 cm³/mol. The average Bonchev–Trinajstić information content (AvgIpc) is 3.05. The summed E-state index contributed by atoms with van der Waals surface area (Å²) in [4.78, 5) is 20.7. The molecule has 7 heteroatoms. The fourth-order valence-corrected chi connectivity index (χ4v) is 3.28. The number of hydrogen-bond donors (Lipinski definition) is 1. The largest absolute Gasteiger partial charge is 0.462 e. The fourth-order valence-electron chi connectivity index (χ4n) is 1.65. The standard InChI is InChI=1S/C13H11N3O2S2/c1-2-18-11(17)10-7-14-12(20-10)16-13-15-8-5-3-4-6-9(8)19-13/h3-7H,2H2,1H3,(H,14,15,16). The zero-order chi connectivity index (χ0) is 13.9. The summed E-state index contributed by atoms with van der Waals surface area (Å²) in [5.41, 5.74) is 0.946. The van der Waals surface area contributed by atoms with Gasteiger partial charge in [0.15, 0.2) is 10.3 Å². The number of rotatable bonds is 4. The topological polar surface area (TPSA) is 64.1 Å². The van der Waals surface area contributed by atoms with Gasteiger partial charge in [0.2, 0.25) is 0 Å². The molecule has 0 saturated heterocycles. The van der Waals surface area contributed by atoms with Crippen LogP contribution in [-0.2, 0) is 4.74 Å². The number of hydrogen-bond acceptors (Lipinski definition) is 7. The maximum atomic E-state index is 11.6. The summed E-state index contributed by atoms with van der Waals surface area (Å²) in [6.45, 7) is 2.14. The highest BCUT2D eigenvalue weighted by Gasteiger charge is 2.12. The Kier molecular flexibility index (Phi) is 3.62. The molecule has 1 N–H and O–H groups in total. The van der Waals surface area contributed by atoms with Crippen LogP contribution in [0.4, 0.5) is 10.3 Å². The zero-order valence-corrected chi connectivity index (χ0v) is 12.3. The molecule has 0 spiro atoms. The first kappa shape index (κ1) is 13.0. The normalized spacial score (nSPS) is 10.7. The summed E-state index contributed by atoms with van der Waals surface area (Å²) in [6.07, 6.45) is 1.51. The number of carbonyl (C=O) groups is 1. The number of esters is 1. The van der Waals surface area contributed by atoms with Gasteiger partial charge in [-0.3, -0.25) is 0 Å². The van der Waals surface area contributed by atoms with Gasteiger partial charge in [0.1, 0.15) is 4.88 Å². The van der Waals surface area contributed by atoms with E-state index < -0.39 is 0 Å². The molecule has 2 heterocycles. The molecule has 20 heavy (non-hydrogen) atoms. The molecular formula is C13H11N3O2S2. The molecule has 0 bridgehead atoms. The Morgan fingerprint density at radius 1 is 1.30 bits per heavy atom. The summed E-state index contributed by atoms with van der Waals surface area (Å²) in [5.74, 6) is -0.345. The van der Waals surface area contributed by atoms with E-state index in [0.29, 0.717) is 16.6 Å². The molecule has 0 aliphatic rings. The number of carbonyl (C=O) groups excluding carboxylic acids is 1. The first-order valence-corrected chi connectivity index (χ1v) is 7.65. The van der Waals surface area contributed by atoms with E-state index in [1.54, 1.807) is 18.3 Å². The Balaban J connectivity index is 1.79. The van der Waals surface area contributed by atoms with E-state index in [4.69, 9.17) is 4.74 Å². The van der Waals surface area contributed by atoms with Gasteiger partial charge in [-0.15, -0.1) is 0 Å². The van der Waals surface area contributed by atoms with Crippen LogP contribution < -0.4 is 5.32 Å². The highest BCUT2D eigenvalue weighted by atomic mass is 32.1. The molecule has 1 aromatic carbocycles. The second kappa shape index (κ2) is 5.56. The van der Waals surface area contributed by atoms with Gasteiger partial charge >= 0.3 is 5.97 Å². The van der Waals surface area contributed by atoms with Gasteiger partial charge in [-0.25, -0.2) is 14.8 Å². The van der Waals surface area contributed by atoms with Crippen LogP contribution in [0.25, 0.3) is 10.2 Å². The smallest absolute Gasteiger partial charge is 0.350 e. The Labute approximate surface area is 123 Å². The van der Waals surface area contributed by atoms with Crippen molar-refractivity contribution in [3.63, 3.8) is 0 Å². The second-order valence-corrected chi connectivity index (χ2v) is 5.92. The molecule has 5 nitrogen and oxygen atoms in total. The molecule has 0 amide bonds. The minimum Gasteiger partial charge on any atom is -0.462 e. The molecule has 2 aromatic heterocycles. The van der Waals surface area contributed by atoms with Gasteiger partial charge in [0.25, 0.3) is 0 Å². The first-order valence-electron chi connectivity index (χ1n) is 6.02. The van der Waals surface area contributed by atoms with Crippen molar-refractivity contribution in [3.8, 4) is 0 Å². The van der Waals surface area contributed by atoms with Crippen molar-refractivity contribution in [3.05, 3.63) is 35.3 Å². The quantitative estimate of drug-likeness (QED) is 0.745. The van der Waals surface area contributed by atoms with E-state index in [1.807, 2.05) is 24.3 Å². The summed E-state index contributed by atoms with van der Waals surface area (Å²) in [7, 11) is 0. The van der Waals surface area contributed by atoms with Crippen LogP contribution in [0.15, 0.2) is 30.5 Å². The van der Waals surface area contributed by atoms with Crippen LogP contribution in [0, 0.1) is 0 Å². The molecule has 0 saturated carbocycles. The number of para-hydroxylation sites is 1. The number of nitrogens with zero attached hydrogens (tertiary/aromatic N) is 2. The zero-order valence-electron chi connectivity index (χ0n) is 10.6. The van der Waals surface area contributed by atoms with E-state index >= 15 is 0 Å². The molecule has 0 atom stereocenters. The summed E-state index contributed by atoms with van der Waals surface area (Å²) >= 11 is 2.80. The minimum absolute atomic E-state index is 0.345. The van der Waals surface area contributed by atoms with Crippen molar-refractivity contribution < 1.29 is 9.53 Å². The lowest BCUT2D eigenvalue weighted by Crippen LogP contribution is -2.01. The molecular weight excluding hydrogens is 294 g/mol. The van der Waals surface area contributed by atoms with Crippen LogP contribution in [0.2, 0.25) is 0 Å². The van der Waals surface area contributed by atoms with Crippen molar-refractivity contribution in [1.29, 1.82) is 0 Å². The van der Waals surface area contributed by atoms with Gasteiger partial charge < -0.3 is 10.1 Å². The molecule has 0 aliphatic heterocycles. The molecule has 0 fully saturated rings. The van der Waals surface area contributed by atoms with Crippen LogP contribution in [0.1, 0.15) is 16.6 Å². The van der Waals surface area contributed by atoms with E-state index in [1.165, 1.54) is 17.5 Å². The number of ether oxygens (including phenoxy) is 1. The van der Waals surface area contributed by atoms with Crippen molar-refractivity contribution in [2.24, 2.45) is 0 Å². The van der Waals surface area contributed by atoms with Gasteiger partial charge in [-0.2, -0.15) is 0 Å². The monoisotopic (exact) mass is 305 g/mol. The van der Waals surface area contributed by atoms with Crippen LogP contribution in [-0.4, -0.2) is 22.5 Å². The number of anilines is 2. The van der Waals surface area contributed by atoms with Crippen LogP contribution in [0.3, 0.4) is 0 Å². The third kappa shape index (κ3) is 2.63. The Hall–Kier alpha value is -1.99. The molecule has 0 unspecified atom stereocenters. The lowest BCUT2D eigenvalue weighted by molar-refractivity contribution is 0.0532. The lowest BCUT2D eigenvalue weighted by Gasteiger charge is -1.96. The van der Waals surface area contributed by atoms with Crippen molar-refractivity contribution in [2.75, 3.05) is 11.9 Å². The Morgan fingerprint density at radius 2 is 2.15 bits per heavy atom. The van der Waals surface area contributed by atoms with Crippen molar-refractivity contribution >= 4 is 49.1 Å². The third-order valence-electron chi connectivity index (χ3n) is 2.49. The summed E-state index contributed by atoms with van der Waals surface area (Å²) < 4.78 is 6.04. The highest BCUT2D eigenvalue weighted by Crippen LogP contribution is 2.29. The molecule has 102 valence electrons. The highest BCUT2D eigenvalue weighted by molar-refractivity contribution is 7.23. The maximum Gasteiger partial charge on any atom is 0.350 e. The molecule has 3 rings (SSSR count). The summed E-state index contributed by atoms with van der Waals surface area (Å²) in [5, 5.41) is 4.51. The van der Waals surface area contributed by atoms with E-state index in [2.05, 4.69) is 15.3 Å². The van der Waals surface area contributed by atoms with Gasteiger partial charge in [-0.05, 0) is 19.1 Å². The third-order valence-corrected chi connectivity index (χ3v) is 4.33. The SMILES string of the molecule is CCOC(=O)c1cnc(Nc2nc3ccccc3s2)s1. The Bertz CT molecular complexity index is 718. The second-order valence-electron chi connectivity index (χ2n) is 3.86. The molecule has 3 aromatic rings. The Morgan fingerprint density at radius 3 is 2.95 bits per heavy atom. The maximum absolute atomic E-state index is 11.6. The van der Waals surface area contributed by atoms with E-state index in [0.717, 1.165) is 15.3 Å². The van der Waals surface area contributed by atoms with Gasteiger partial charge in [0.05, 0.1) is 23.0 Å². The summed E-state index contributed by atoms with van der Waals surface area (Å²) in [6, 6.07) is 7.91. The van der Waals surface area contributed by atoms with Gasteiger partial charge in [0, 0.05) is 0 Å². The van der Waals surface area contributed by atoms with Crippen LogP contribution in [0.5, 0.6) is 0 Å². The number of fused-ring (bicyclic) bond motifs is 1. The van der Waals surface area contributed by atoms with E-state index in [9.17, 15) is 4.79 Å². The lowest BCUT2D eigenvalue weighted by atomic mass is 10.3. The first-order chi connectivity index (χ1) is 9.76. The van der Waals surface area contributed by atoms with Crippen molar-refractivity contribution in [2.45, 2.75) is 6.92 Å². The molecule has 0 aliphatic carbocycles. The van der Waals surface area contributed by atoms with Gasteiger partial charge in [-0.1, -0.05) is 34.8 Å².